The van der Waals surface area contributed by atoms with E-state index < -0.39 is 0 Å². The van der Waals surface area contributed by atoms with Gasteiger partial charge in [-0.2, -0.15) is 0 Å². The fourth-order valence-corrected chi connectivity index (χ4v) is 2.87. The SMILES string of the molecule is O=C(Nc1ccccc1)Nc1ccc2[nH]c(=O)c3ccccc3c2c1. The van der Waals surface area contributed by atoms with Crippen molar-refractivity contribution in [3.05, 3.63) is 83.2 Å². The molecule has 1 heterocycles. The lowest BCUT2D eigenvalue weighted by Gasteiger charge is -2.09. The van der Waals surface area contributed by atoms with E-state index in [2.05, 4.69) is 15.6 Å². The maximum absolute atomic E-state index is 12.2. The molecule has 0 spiro atoms. The number of para-hydroxylation sites is 1. The zero-order valence-corrected chi connectivity index (χ0v) is 13.2. The normalized spacial score (nSPS) is 10.7. The van der Waals surface area contributed by atoms with E-state index in [0.717, 1.165) is 22.0 Å². The first-order valence-electron chi connectivity index (χ1n) is 7.88. The number of fused-ring (bicyclic) bond motifs is 3. The molecule has 25 heavy (non-hydrogen) atoms. The standard InChI is InChI=1S/C20H15N3O2/c24-19-16-9-5-4-8-15(16)17-12-14(10-11-18(17)23-19)22-20(25)21-13-6-2-1-3-7-13/h1-12H,(H,23,24)(H2,21,22,25). The molecule has 4 aromatic rings. The van der Waals surface area contributed by atoms with Crippen LogP contribution in [0.25, 0.3) is 21.7 Å². The molecule has 4 rings (SSSR count). The summed E-state index contributed by atoms with van der Waals surface area (Å²) in [4.78, 5) is 27.1. The number of urea groups is 1. The number of carbonyl (C=O) groups is 1. The third-order valence-corrected chi connectivity index (χ3v) is 4.02. The van der Waals surface area contributed by atoms with Crippen molar-refractivity contribution in [3.8, 4) is 0 Å². The first-order chi connectivity index (χ1) is 12.2. The number of hydrogen-bond donors (Lipinski definition) is 3. The molecule has 2 amide bonds. The fraction of sp³-hybridized carbons (Fsp3) is 0. The molecule has 0 unspecified atom stereocenters. The summed E-state index contributed by atoms with van der Waals surface area (Å²) in [7, 11) is 0. The summed E-state index contributed by atoms with van der Waals surface area (Å²) in [6.07, 6.45) is 0. The number of amides is 2. The van der Waals surface area contributed by atoms with Crippen LogP contribution in [0.3, 0.4) is 0 Å². The number of benzene rings is 3. The highest BCUT2D eigenvalue weighted by Gasteiger charge is 2.07. The molecule has 0 aliphatic carbocycles. The van der Waals surface area contributed by atoms with E-state index in [9.17, 15) is 9.59 Å². The molecule has 5 heteroatoms. The number of aromatic amines is 1. The summed E-state index contributed by atoms with van der Waals surface area (Å²) >= 11 is 0. The molecule has 1 aromatic heterocycles. The Kier molecular flexibility index (Phi) is 3.67. The van der Waals surface area contributed by atoms with Gasteiger partial charge in [0.2, 0.25) is 0 Å². The van der Waals surface area contributed by atoms with Crippen molar-refractivity contribution in [2.45, 2.75) is 0 Å². The number of hydrogen-bond acceptors (Lipinski definition) is 2. The largest absolute Gasteiger partial charge is 0.323 e. The Hall–Kier alpha value is -3.60. The number of carbonyl (C=O) groups excluding carboxylic acids is 1. The van der Waals surface area contributed by atoms with Crippen molar-refractivity contribution < 1.29 is 4.79 Å². The smallest absolute Gasteiger partial charge is 0.321 e. The molecular formula is C20H15N3O2. The Morgan fingerprint density at radius 1 is 0.720 bits per heavy atom. The van der Waals surface area contributed by atoms with Gasteiger partial charge in [-0.3, -0.25) is 4.79 Å². The summed E-state index contributed by atoms with van der Waals surface area (Å²) in [6, 6.07) is 21.7. The van der Waals surface area contributed by atoms with Gasteiger partial charge in [0, 0.05) is 27.7 Å². The molecule has 0 saturated heterocycles. The lowest BCUT2D eigenvalue weighted by Crippen LogP contribution is -2.19. The molecule has 0 bridgehead atoms. The van der Waals surface area contributed by atoms with E-state index in [4.69, 9.17) is 0 Å². The van der Waals surface area contributed by atoms with Gasteiger partial charge in [-0.1, -0.05) is 36.4 Å². The molecule has 0 radical (unpaired) electrons. The van der Waals surface area contributed by atoms with Crippen molar-refractivity contribution in [3.63, 3.8) is 0 Å². The van der Waals surface area contributed by atoms with Crippen LogP contribution >= 0.6 is 0 Å². The molecule has 122 valence electrons. The second-order valence-electron chi connectivity index (χ2n) is 5.71. The predicted octanol–water partition coefficient (Wildman–Crippen LogP) is 4.33. The Labute approximate surface area is 143 Å². The zero-order valence-electron chi connectivity index (χ0n) is 13.2. The van der Waals surface area contributed by atoms with Gasteiger partial charge in [0.25, 0.3) is 5.56 Å². The number of pyridine rings is 1. The lowest BCUT2D eigenvalue weighted by molar-refractivity contribution is 0.262. The van der Waals surface area contributed by atoms with Gasteiger partial charge in [-0.05, 0) is 41.8 Å². The van der Waals surface area contributed by atoms with Crippen LogP contribution in [0.4, 0.5) is 16.2 Å². The van der Waals surface area contributed by atoms with Crippen LogP contribution in [0, 0.1) is 0 Å². The molecule has 0 fully saturated rings. The number of aromatic nitrogens is 1. The summed E-state index contributed by atoms with van der Waals surface area (Å²) < 4.78 is 0. The minimum Gasteiger partial charge on any atom is -0.321 e. The van der Waals surface area contributed by atoms with Crippen molar-refractivity contribution in [1.82, 2.24) is 4.98 Å². The summed E-state index contributed by atoms with van der Waals surface area (Å²) in [5.41, 5.74) is 1.98. The van der Waals surface area contributed by atoms with Crippen molar-refractivity contribution in [2.24, 2.45) is 0 Å². The average molecular weight is 329 g/mol. The van der Waals surface area contributed by atoms with Gasteiger partial charge in [0.05, 0.1) is 0 Å². The summed E-state index contributed by atoms with van der Waals surface area (Å²) in [5, 5.41) is 7.96. The van der Waals surface area contributed by atoms with Gasteiger partial charge < -0.3 is 15.6 Å². The minimum absolute atomic E-state index is 0.120. The van der Waals surface area contributed by atoms with E-state index in [1.54, 1.807) is 18.2 Å². The second kappa shape index (κ2) is 6.13. The number of anilines is 2. The van der Waals surface area contributed by atoms with E-state index in [0.29, 0.717) is 11.1 Å². The van der Waals surface area contributed by atoms with Crippen LogP contribution in [0.1, 0.15) is 0 Å². The average Bonchev–Trinajstić information content (AvgIpc) is 2.63. The fourth-order valence-electron chi connectivity index (χ4n) is 2.87. The minimum atomic E-state index is -0.320. The van der Waals surface area contributed by atoms with Crippen molar-refractivity contribution >= 4 is 39.1 Å². The van der Waals surface area contributed by atoms with Gasteiger partial charge in [-0.25, -0.2) is 4.79 Å². The topological polar surface area (TPSA) is 74.0 Å². The van der Waals surface area contributed by atoms with Crippen LogP contribution in [0.15, 0.2) is 77.6 Å². The van der Waals surface area contributed by atoms with Gasteiger partial charge >= 0.3 is 6.03 Å². The Balaban J connectivity index is 1.69. The zero-order chi connectivity index (χ0) is 17.2. The quantitative estimate of drug-likeness (QED) is 0.479. The molecule has 3 N–H and O–H groups in total. The predicted molar refractivity (Wildman–Crippen MR) is 101 cm³/mol. The second-order valence-corrected chi connectivity index (χ2v) is 5.71. The highest BCUT2D eigenvalue weighted by molar-refractivity contribution is 6.08. The third-order valence-electron chi connectivity index (χ3n) is 4.02. The highest BCUT2D eigenvalue weighted by atomic mass is 16.2. The molecular weight excluding hydrogens is 314 g/mol. The molecule has 5 nitrogen and oxygen atoms in total. The number of rotatable bonds is 2. The molecule has 0 saturated carbocycles. The van der Waals surface area contributed by atoms with E-state index in [-0.39, 0.29) is 11.6 Å². The van der Waals surface area contributed by atoms with Crippen molar-refractivity contribution in [1.29, 1.82) is 0 Å². The van der Waals surface area contributed by atoms with Crippen LogP contribution in [0.2, 0.25) is 0 Å². The molecule has 3 aromatic carbocycles. The highest BCUT2D eigenvalue weighted by Crippen LogP contribution is 2.24. The Morgan fingerprint density at radius 3 is 2.20 bits per heavy atom. The molecule has 0 aliphatic heterocycles. The first kappa shape index (κ1) is 15.0. The van der Waals surface area contributed by atoms with Gasteiger partial charge in [0.15, 0.2) is 0 Å². The summed E-state index contributed by atoms with van der Waals surface area (Å²) in [6.45, 7) is 0. The van der Waals surface area contributed by atoms with Crippen LogP contribution in [-0.4, -0.2) is 11.0 Å². The van der Waals surface area contributed by atoms with Gasteiger partial charge in [0.1, 0.15) is 0 Å². The monoisotopic (exact) mass is 329 g/mol. The number of H-pyrrole nitrogens is 1. The number of nitrogens with one attached hydrogen (secondary N) is 3. The molecule has 0 atom stereocenters. The first-order valence-corrected chi connectivity index (χ1v) is 7.88. The van der Waals surface area contributed by atoms with E-state index in [1.165, 1.54) is 0 Å². The Morgan fingerprint density at radius 2 is 1.40 bits per heavy atom. The van der Waals surface area contributed by atoms with Crippen LogP contribution in [0.5, 0.6) is 0 Å². The van der Waals surface area contributed by atoms with Gasteiger partial charge in [-0.15, -0.1) is 0 Å². The van der Waals surface area contributed by atoms with E-state index >= 15 is 0 Å². The van der Waals surface area contributed by atoms with Crippen LogP contribution < -0.4 is 16.2 Å². The lowest BCUT2D eigenvalue weighted by atomic mass is 10.1. The summed E-state index contributed by atoms with van der Waals surface area (Å²) in [5.74, 6) is 0. The van der Waals surface area contributed by atoms with Crippen molar-refractivity contribution in [2.75, 3.05) is 10.6 Å². The maximum Gasteiger partial charge on any atom is 0.323 e. The van der Waals surface area contributed by atoms with E-state index in [1.807, 2.05) is 54.6 Å². The molecule has 0 aliphatic rings. The third kappa shape index (κ3) is 2.95. The van der Waals surface area contributed by atoms with Crippen LogP contribution in [-0.2, 0) is 0 Å². The maximum atomic E-state index is 12.2. The Bertz CT molecular complexity index is 1130.